The molecule has 23 heavy (non-hydrogen) atoms. The topological polar surface area (TPSA) is 56.4 Å². The third-order valence-corrected chi connectivity index (χ3v) is 4.00. The Morgan fingerprint density at radius 2 is 1.78 bits per heavy atom. The lowest BCUT2D eigenvalue weighted by molar-refractivity contribution is -0.132. The van der Waals surface area contributed by atoms with Crippen molar-refractivity contribution in [3.63, 3.8) is 0 Å². The molecule has 0 spiro atoms. The molecule has 1 aromatic heterocycles. The number of aromatic amines is 1. The lowest BCUT2D eigenvalue weighted by atomic mass is 10.1. The molecule has 2 heterocycles. The van der Waals surface area contributed by atoms with Crippen molar-refractivity contribution in [2.75, 3.05) is 26.2 Å². The maximum absolute atomic E-state index is 13.2. The second kappa shape index (κ2) is 6.64. The first-order chi connectivity index (χ1) is 11.1. The summed E-state index contributed by atoms with van der Waals surface area (Å²) in [6.07, 6.45) is 2.13. The number of hydrogen-bond donors (Lipinski definition) is 1. The summed E-state index contributed by atoms with van der Waals surface area (Å²) < 4.78 is 13.2. The molecule has 3 rings (SSSR count). The molecule has 2 aromatic rings. The van der Waals surface area contributed by atoms with Crippen LogP contribution in [0.3, 0.4) is 0 Å². The number of carbonyl (C=O) groups is 2. The van der Waals surface area contributed by atoms with Crippen molar-refractivity contribution in [1.29, 1.82) is 0 Å². The smallest absolute Gasteiger partial charge is 0.254 e. The van der Waals surface area contributed by atoms with E-state index in [1.165, 1.54) is 18.2 Å². The average Bonchev–Trinajstić information content (AvgIpc) is 3.07. The van der Waals surface area contributed by atoms with Crippen LogP contribution in [-0.4, -0.2) is 52.8 Å². The number of rotatable bonds is 3. The molecule has 6 heteroatoms. The van der Waals surface area contributed by atoms with Crippen LogP contribution in [0.15, 0.2) is 42.6 Å². The van der Waals surface area contributed by atoms with Gasteiger partial charge in [0.2, 0.25) is 5.91 Å². The Hall–Kier alpha value is -2.63. The van der Waals surface area contributed by atoms with Crippen molar-refractivity contribution in [2.24, 2.45) is 0 Å². The summed E-state index contributed by atoms with van der Waals surface area (Å²) in [6.45, 7) is 1.93. The van der Waals surface area contributed by atoms with Crippen LogP contribution in [-0.2, 0) is 11.2 Å². The van der Waals surface area contributed by atoms with Gasteiger partial charge in [-0.3, -0.25) is 9.59 Å². The van der Waals surface area contributed by atoms with Gasteiger partial charge < -0.3 is 14.8 Å². The molecule has 120 valence electrons. The number of nitrogens with one attached hydrogen (secondary N) is 1. The van der Waals surface area contributed by atoms with Crippen molar-refractivity contribution >= 4 is 11.8 Å². The van der Waals surface area contributed by atoms with Gasteiger partial charge in [0.25, 0.3) is 5.91 Å². The van der Waals surface area contributed by atoms with Gasteiger partial charge in [-0.1, -0.05) is 6.07 Å². The number of nitrogens with zero attached hydrogens (tertiary/aromatic N) is 2. The first-order valence-electron chi connectivity index (χ1n) is 7.58. The second-order valence-electron chi connectivity index (χ2n) is 5.56. The minimum absolute atomic E-state index is 0.0466. The van der Waals surface area contributed by atoms with Crippen molar-refractivity contribution in [3.8, 4) is 0 Å². The second-order valence-corrected chi connectivity index (χ2v) is 5.56. The lowest BCUT2D eigenvalue weighted by Crippen LogP contribution is -2.51. The normalized spacial score (nSPS) is 14.8. The fourth-order valence-corrected chi connectivity index (χ4v) is 2.72. The highest BCUT2D eigenvalue weighted by atomic mass is 19.1. The molecule has 1 aliphatic heterocycles. The SMILES string of the molecule is O=C(Cc1ccc[nH]1)N1CCN(C(=O)c2cccc(F)c2)CC1. The summed E-state index contributed by atoms with van der Waals surface area (Å²) in [5.41, 5.74) is 1.23. The largest absolute Gasteiger partial charge is 0.365 e. The molecule has 0 saturated carbocycles. The summed E-state index contributed by atoms with van der Waals surface area (Å²) in [5, 5.41) is 0. The number of hydrogen-bond acceptors (Lipinski definition) is 2. The van der Waals surface area contributed by atoms with Crippen LogP contribution in [0.25, 0.3) is 0 Å². The van der Waals surface area contributed by atoms with Crippen LogP contribution in [0.4, 0.5) is 4.39 Å². The molecule has 0 radical (unpaired) electrons. The molecule has 1 saturated heterocycles. The molecule has 5 nitrogen and oxygen atoms in total. The third kappa shape index (κ3) is 3.59. The minimum Gasteiger partial charge on any atom is -0.365 e. The van der Waals surface area contributed by atoms with Crippen LogP contribution in [0.2, 0.25) is 0 Å². The van der Waals surface area contributed by atoms with Gasteiger partial charge in [0, 0.05) is 43.6 Å². The summed E-state index contributed by atoms with van der Waals surface area (Å²) in [6, 6.07) is 9.42. The van der Waals surface area contributed by atoms with Gasteiger partial charge in [-0.15, -0.1) is 0 Å². The molecule has 2 amide bonds. The Labute approximate surface area is 133 Å². The van der Waals surface area contributed by atoms with E-state index in [9.17, 15) is 14.0 Å². The van der Waals surface area contributed by atoms with Crippen LogP contribution >= 0.6 is 0 Å². The van der Waals surface area contributed by atoms with E-state index in [1.54, 1.807) is 22.1 Å². The number of halogens is 1. The van der Waals surface area contributed by atoms with E-state index >= 15 is 0 Å². The van der Waals surface area contributed by atoms with Gasteiger partial charge in [0.15, 0.2) is 0 Å². The van der Waals surface area contributed by atoms with Gasteiger partial charge in [-0.05, 0) is 30.3 Å². The number of carbonyl (C=O) groups excluding carboxylic acids is 2. The molecule has 0 unspecified atom stereocenters. The first kappa shape index (κ1) is 15.3. The van der Waals surface area contributed by atoms with Crippen molar-refractivity contribution in [3.05, 3.63) is 59.7 Å². The standard InChI is InChI=1S/C17H18FN3O2/c18-14-4-1-3-13(11-14)17(23)21-9-7-20(8-10-21)16(22)12-15-5-2-6-19-15/h1-6,11,19H,7-10,12H2. The molecule has 1 N–H and O–H groups in total. The highest BCUT2D eigenvalue weighted by molar-refractivity contribution is 5.94. The van der Waals surface area contributed by atoms with Gasteiger partial charge in [-0.25, -0.2) is 4.39 Å². The first-order valence-corrected chi connectivity index (χ1v) is 7.58. The molecule has 1 fully saturated rings. The van der Waals surface area contributed by atoms with Gasteiger partial charge >= 0.3 is 0 Å². The summed E-state index contributed by atoms with van der Waals surface area (Å²) in [4.78, 5) is 31.0. The van der Waals surface area contributed by atoms with Gasteiger partial charge in [0.05, 0.1) is 6.42 Å². The molecular weight excluding hydrogens is 297 g/mol. The fraction of sp³-hybridized carbons (Fsp3) is 0.294. The average molecular weight is 315 g/mol. The summed E-state index contributed by atoms with van der Waals surface area (Å²) in [5.74, 6) is -0.568. The lowest BCUT2D eigenvalue weighted by Gasteiger charge is -2.34. The number of benzene rings is 1. The summed E-state index contributed by atoms with van der Waals surface area (Å²) >= 11 is 0. The van der Waals surface area contributed by atoms with Gasteiger partial charge in [-0.2, -0.15) is 0 Å². The van der Waals surface area contributed by atoms with Crippen molar-refractivity contribution < 1.29 is 14.0 Å². The predicted molar refractivity (Wildman–Crippen MR) is 83.4 cm³/mol. The highest BCUT2D eigenvalue weighted by Crippen LogP contribution is 2.11. The highest BCUT2D eigenvalue weighted by Gasteiger charge is 2.25. The monoisotopic (exact) mass is 315 g/mol. The van der Waals surface area contributed by atoms with Gasteiger partial charge in [0.1, 0.15) is 5.82 Å². The van der Waals surface area contributed by atoms with Crippen LogP contribution in [0.1, 0.15) is 16.1 Å². The molecule has 1 aromatic carbocycles. The zero-order chi connectivity index (χ0) is 16.2. The Balaban J connectivity index is 1.55. The molecule has 0 atom stereocenters. The molecule has 0 aliphatic carbocycles. The van der Waals surface area contributed by atoms with Crippen molar-refractivity contribution in [2.45, 2.75) is 6.42 Å². The van der Waals surface area contributed by atoms with E-state index in [-0.39, 0.29) is 11.8 Å². The summed E-state index contributed by atoms with van der Waals surface area (Å²) in [7, 11) is 0. The maximum atomic E-state index is 13.2. The Bertz CT molecular complexity index is 692. The Morgan fingerprint density at radius 1 is 1.04 bits per heavy atom. The van der Waals surface area contributed by atoms with Crippen LogP contribution < -0.4 is 0 Å². The van der Waals surface area contributed by atoms with E-state index in [4.69, 9.17) is 0 Å². The van der Waals surface area contributed by atoms with Crippen molar-refractivity contribution in [1.82, 2.24) is 14.8 Å². The van der Waals surface area contributed by atoms with E-state index in [0.29, 0.717) is 38.2 Å². The van der Waals surface area contributed by atoms with Crippen LogP contribution in [0, 0.1) is 5.82 Å². The number of amides is 2. The zero-order valence-corrected chi connectivity index (χ0v) is 12.7. The molecule has 0 bridgehead atoms. The number of aromatic nitrogens is 1. The predicted octanol–water partition coefficient (Wildman–Crippen LogP) is 1.68. The third-order valence-electron chi connectivity index (χ3n) is 4.00. The van der Waals surface area contributed by atoms with E-state index in [0.717, 1.165) is 5.69 Å². The number of piperazine rings is 1. The molecule has 1 aliphatic rings. The Morgan fingerprint density at radius 3 is 2.43 bits per heavy atom. The molecular formula is C17H18FN3O2. The maximum Gasteiger partial charge on any atom is 0.254 e. The van der Waals surface area contributed by atoms with E-state index in [2.05, 4.69) is 4.98 Å². The number of H-pyrrole nitrogens is 1. The zero-order valence-electron chi connectivity index (χ0n) is 12.7. The Kier molecular flexibility index (Phi) is 4.41. The van der Waals surface area contributed by atoms with E-state index in [1.807, 2.05) is 12.1 Å². The minimum atomic E-state index is -0.421. The quantitative estimate of drug-likeness (QED) is 0.937. The van der Waals surface area contributed by atoms with Crippen LogP contribution in [0.5, 0.6) is 0 Å². The fourth-order valence-electron chi connectivity index (χ4n) is 2.72. The van der Waals surface area contributed by atoms with E-state index < -0.39 is 5.82 Å².